The number of nitrogens with zero attached hydrogens (tertiary/aromatic N) is 6. The van der Waals surface area contributed by atoms with Crippen LogP contribution in [0, 0.1) is 13.8 Å². The van der Waals surface area contributed by atoms with Crippen LogP contribution in [0.2, 0.25) is 0 Å². The van der Waals surface area contributed by atoms with Crippen molar-refractivity contribution < 1.29 is 0 Å². The van der Waals surface area contributed by atoms with Crippen molar-refractivity contribution in [3.63, 3.8) is 0 Å². The van der Waals surface area contributed by atoms with E-state index in [0.717, 1.165) is 199 Å². The fourth-order valence-electron chi connectivity index (χ4n) is 16.4. The van der Waals surface area contributed by atoms with E-state index in [1.54, 1.807) is 0 Å². The lowest BCUT2D eigenvalue weighted by atomic mass is 9.96. The van der Waals surface area contributed by atoms with Crippen molar-refractivity contribution in [2.24, 2.45) is 0 Å². The number of aryl methyl sites for hydroxylation is 2. The molecule has 0 spiro atoms. The molecule has 0 atom stereocenters. The number of fused-ring (bicyclic) bond motifs is 12. The Morgan fingerprint density at radius 1 is 0.206 bits per heavy atom. The van der Waals surface area contributed by atoms with E-state index in [1.807, 2.05) is 12.4 Å². The Kier molecular flexibility index (Phi) is 13.6. The summed E-state index contributed by atoms with van der Waals surface area (Å²) in [7, 11) is 0. The second kappa shape index (κ2) is 23.7. The van der Waals surface area contributed by atoms with Crippen LogP contribution in [0.15, 0.2) is 352 Å². The Morgan fingerprint density at radius 2 is 0.480 bits per heavy atom. The van der Waals surface area contributed by atoms with E-state index in [4.69, 9.17) is 9.97 Å². The summed E-state index contributed by atoms with van der Waals surface area (Å²) < 4.78 is 10.1. The highest BCUT2D eigenvalue weighted by molar-refractivity contribution is 6.18. The van der Waals surface area contributed by atoms with E-state index in [-0.39, 0.29) is 0 Å². The van der Waals surface area contributed by atoms with Crippen LogP contribution in [0.3, 0.4) is 0 Å². The van der Waals surface area contributed by atoms with Crippen molar-refractivity contribution in [1.82, 2.24) is 28.2 Å². The van der Waals surface area contributed by atoms with E-state index in [9.17, 15) is 0 Å². The van der Waals surface area contributed by atoms with Gasteiger partial charge in [0.2, 0.25) is 0 Å². The van der Waals surface area contributed by atoms with Crippen molar-refractivity contribution in [1.29, 1.82) is 0 Å². The first-order valence-electron chi connectivity index (χ1n) is 35.0. The van der Waals surface area contributed by atoms with Gasteiger partial charge in [0.05, 0.1) is 44.1 Å². The third-order valence-corrected chi connectivity index (χ3v) is 20.9. The number of hydrogen-bond acceptors (Lipinski definition) is 2. The molecule has 478 valence electrons. The summed E-state index contributed by atoms with van der Waals surface area (Å²) in [6, 6.07) is 125. The Bertz CT molecular complexity index is 6360. The number of aromatic nitrogens is 6. The molecule has 6 heterocycles. The predicted molar refractivity (Wildman–Crippen MR) is 427 cm³/mol. The molecule has 0 aliphatic rings. The minimum Gasteiger partial charge on any atom is -0.305 e. The summed E-state index contributed by atoms with van der Waals surface area (Å²) in [5.74, 6) is 1.52. The van der Waals surface area contributed by atoms with Crippen LogP contribution in [-0.2, 0) is 0 Å². The zero-order chi connectivity index (χ0) is 67.5. The van der Waals surface area contributed by atoms with Crippen LogP contribution >= 0.6 is 0 Å². The summed E-state index contributed by atoms with van der Waals surface area (Å²) in [5.41, 5.74) is 28.2. The van der Waals surface area contributed by atoms with Crippen LogP contribution in [0.4, 0.5) is 0 Å². The van der Waals surface area contributed by atoms with Crippen LogP contribution in [0.25, 0.3) is 188 Å². The van der Waals surface area contributed by atoms with Crippen LogP contribution in [0.1, 0.15) is 11.1 Å². The number of hydrogen-bond donors (Lipinski definition) is 0. The fraction of sp³-hybridized carbons (Fsp3) is 0.0208. The summed E-state index contributed by atoms with van der Waals surface area (Å²) in [5, 5.41) is 8.86. The number of rotatable bonds is 11. The SMILES string of the molecule is Cc1cc(C)cc(-c2c(-n3c4ccc(-c5ccccc5)cc4c4cc(-c5ccccc5)ccc43)c(-n3c4ccccc4c4cnccc43)nc(-n3c4ccc(-c5ccccc5)cc4c4cc(-c5ccccc5)ccc43)c2-n2c3ccc(-c4ccccc4)cc3c3cc(-c4ccccc4)ccc32)c1. The van der Waals surface area contributed by atoms with Crippen LogP contribution < -0.4 is 0 Å². The smallest absolute Gasteiger partial charge is 0.165 e. The first-order valence-corrected chi connectivity index (χ1v) is 35.0. The first kappa shape index (κ1) is 58.7. The van der Waals surface area contributed by atoms with Gasteiger partial charge in [0.25, 0.3) is 0 Å². The Morgan fingerprint density at radius 3 is 0.804 bits per heavy atom. The molecule has 0 amide bonds. The molecular weight excluding hydrogens is 1240 g/mol. The molecule has 14 aromatic carbocycles. The Balaban J connectivity index is 1.04. The third-order valence-electron chi connectivity index (χ3n) is 20.9. The van der Waals surface area contributed by atoms with Gasteiger partial charge in [-0.3, -0.25) is 14.1 Å². The maximum absolute atomic E-state index is 6.71. The molecular formula is C96H64N6. The zero-order valence-corrected chi connectivity index (χ0v) is 56.2. The third kappa shape index (κ3) is 9.48. The lowest BCUT2D eigenvalue weighted by Gasteiger charge is -2.27. The minimum absolute atomic E-state index is 0.758. The second-order valence-electron chi connectivity index (χ2n) is 27.0. The van der Waals surface area contributed by atoms with Gasteiger partial charge in [0, 0.05) is 61.0 Å². The number of benzene rings is 14. The van der Waals surface area contributed by atoms with Crippen molar-refractivity contribution >= 4 is 87.2 Å². The molecule has 0 fully saturated rings. The molecule has 0 saturated carbocycles. The largest absolute Gasteiger partial charge is 0.305 e. The van der Waals surface area contributed by atoms with Gasteiger partial charge in [0.15, 0.2) is 11.6 Å². The molecule has 0 aliphatic heterocycles. The molecule has 0 aliphatic carbocycles. The maximum atomic E-state index is 6.71. The summed E-state index contributed by atoms with van der Waals surface area (Å²) in [6.45, 7) is 4.49. The highest BCUT2D eigenvalue weighted by atomic mass is 15.2. The monoisotopic (exact) mass is 1300 g/mol. The zero-order valence-electron chi connectivity index (χ0n) is 56.2. The first-order chi connectivity index (χ1) is 50.4. The number of pyridine rings is 2. The van der Waals surface area contributed by atoms with E-state index in [2.05, 4.69) is 372 Å². The van der Waals surface area contributed by atoms with E-state index < -0.39 is 0 Å². The highest BCUT2D eigenvalue weighted by Gasteiger charge is 2.34. The average molecular weight is 1300 g/mol. The van der Waals surface area contributed by atoms with Gasteiger partial charge in [-0.25, -0.2) is 4.98 Å². The molecule has 0 unspecified atom stereocenters. The van der Waals surface area contributed by atoms with Gasteiger partial charge in [-0.2, -0.15) is 0 Å². The van der Waals surface area contributed by atoms with Gasteiger partial charge < -0.3 is 9.13 Å². The van der Waals surface area contributed by atoms with Crippen molar-refractivity contribution in [2.75, 3.05) is 0 Å². The molecule has 6 nitrogen and oxygen atoms in total. The average Bonchev–Trinajstić information content (AvgIpc) is 1.44. The standard InChI is InChI=1S/C96H64N6/c1-61-51-62(2)53-75(52-61)92-93(99-85-43-37-69(63-23-9-3-10-24-63)54-77(85)78-55-70(38-44-86(78)99)64-25-11-4-12-26-64)95(101-84-36-22-21-35-76(84)83-60-97-50-49-91(83)101)98-96(102-89-47-41-73(67-31-17-7-18-32-67)58-81(89)82-59-74(42-48-90(82)102)68-33-19-8-20-34-68)94(92)100-87-45-39-71(65-27-13-5-14-28-65)56-79(87)80-57-72(40-46-88(80)100)66-29-15-6-16-30-66/h3-60H,1-2H3. The van der Waals surface area contributed by atoms with Crippen molar-refractivity contribution in [2.45, 2.75) is 13.8 Å². The molecule has 6 heteroatoms. The van der Waals surface area contributed by atoms with E-state index in [0.29, 0.717) is 0 Å². The van der Waals surface area contributed by atoms with Crippen molar-refractivity contribution in [3.05, 3.63) is 363 Å². The Hall–Kier alpha value is -13.4. The molecule has 6 aromatic heterocycles. The number of para-hydroxylation sites is 1. The normalized spacial score (nSPS) is 11.8. The van der Waals surface area contributed by atoms with Crippen LogP contribution in [0.5, 0.6) is 0 Å². The van der Waals surface area contributed by atoms with Crippen LogP contribution in [-0.4, -0.2) is 28.2 Å². The molecule has 0 N–H and O–H groups in total. The minimum atomic E-state index is 0.758. The second-order valence-corrected chi connectivity index (χ2v) is 27.0. The van der Waals surface area contributed by atoms with Gasteiger partial charge >= 0.3 is 0 Å². The van der Waals surface area contributed by atoms with E-state index in [1.165, 1.54) is 0 Å². The lowest BCUT2D eigenvalue weighted by Crippen LogP contribution is -2.16. The predicted octanol–water partition coefficient (Wildman–Crippen LogP) is 25.2. The van der Waals surface area contributed by atoms with Crippen molar-refractivity contribution in [3.8, 4) is 101 Å². The molecule has 0 bridgehead atoms. The topological polar surface area (TPSA) is 45.5 Å². The quantitative estimate of drug-likeness (QED) is 0.130. The van der Waals surface area contributed by atoms with Gasteiger partial charge in [-0.05, 0) is 171 Å². The lowest BCUT2D eigenvalue weighted by molar-refractivity contribution is 0.960. The molecule has 102 heavy (non-hydrogen) atoms. The molecule has 0 saturated heterocycles. The van der Waals surface area contributed by atoms with Gasteiger partial charge in [0.1, 0.15) is 11.4 Å². The molecule has 0 radical (unpaired) electrons. The Labute approximate surface area is 589 Å². The highest BCUT2D eigenvalue weighted by Crippen LogP contribution is 2.51. The van der Waals surface area contributed by atoms with Gasteiger partial charge in [-0.15, -0.1) is 0 Å². The summed E-state index contributed by atoms with van der Waals surface area (Å²) in [4.78, 5) is 11.6. The molecule has 20 aromatic rings. The fourth-order valence-corrected chi connectivity index (χ4v) is 16.4. The van der Waals surface area contributed by atoms with E-state index >= 15 is 0 Å². The summed E-state index contributed by atoms with van der Waals surface area (Å²) in [6.07, 6.45) is 3.96. The summed E-state index contributed by atoms with van der Waals surface area (Å²) >= 11 is 0. The molecule has 20 rings (SSSR count). The van der Waals surface area contributed by atoms with Gasteiger partial charge in [-0.1, -0.05) is 266 Å². The maximum Gasteiger partial charge on any atom is 0.165 e.